The maximum Gasteiger partial charge on any atom is 0.335 e. The van der Waals surface area contributed by atoms with Crippen LogP contribution in [-0.4, -0.2) is 46.8 Å². The van der Waals surface area contributed by atoms with Crippen LogP contribution in [0.1, 0.15) is 16.2 Å². The molecule has 0 aliphatic carbocycles. The van der Waals surface area contributed by atoms with E-state index in [0.29, 0.717) is 11.5 Å². The maximum atomic E-state index is 14.2. The Morgan fingerprint density at radius 1 is 1.25 bits per heavy atom. The van der Waals surface area contributed by atoms with Gasteiger partial charge in [0.05, 0.1) is 24.0 Å². The fraction of sp³-hybridized carbons (Fsp3) is 0.125. The Labute approximate surface area is 158 Å². The van der Waals surface area contributed by atoms with Gasteiger partial charge in [-0.05, 0) is 53.7 Å². The highest BCUT2D eigenvalue weighted by atomic mass is 32.2. The smallest absolute Gasteiger partial charge is 0.335 e. The third-order valence-electron chi connectivity index (χ3n) is 3.76. The number of aryl methyl sites for hydroxylation is 1. The van der Waals surface area contributed by atoms with Crippen LogP contribution >= 0.6 is 0 Å². The van der Waals surface area contributed by atoms with Crippen molar-refractivity contribution in [1.82, 2.24) is 20.2 Å². The van der Waals surface area contributed by atoms with Gasteiger partial charge in [-0.15, -0.1) is 5.10 Å². The monoisotopic (exact) mass is 407 g/mol. The third kappa shape index (κ3) is 3.62. The third-order valence-corrected chi connectivity index (χ3v) is 5.15. The molecule has 2 N–H and O–H groups in total. The molecule has 2 aromatic carbocycles. The van der Waals surface area contributed by atoms with E-state index in [-0.39, 0.29) is 17.0 Å². The van der Waals surface area contributed by atoms with E-state index in [9.17, 15) is 17.6 Å². The van der Waals surface area contributed by atoms with Crippen molar-refractivity contribution in [3.8, 4) is 11.4 Å². The first kappa shape index (κ1) is 19.2. The van der Waals surface area contributed by atoms with E-state index < -0.39 is 26.7 Å². The van der Waals surface area contributed by atoms with Crippen LogP contribution in [0.3, 0.4) is 0 Å². The lowest BCUT2D eigenvalue weighted by Crippen LogP contribution is -2.16. The molecule has 0 amide bonds. The van der Waals surface area contributed by atoms with Crippen LogP contribution in [0.5, 0.6) is 5.75 Å². The number of carbonyl (C=O) groups is 1. The number of hydrogen-bond donors (Lipinski definition) is 2. The minimum absolute atomic E-state index is 0.0922. The van der Waals surface area contributed by atoms with Crippen molar-refractivity contribution in [2.75, 3.05) is 11.8 Å². The van der Waals surface area contributed by atoms with E-state index in [1.54, 1.807) is 6.92 Å². The molecular formula is C16H14FN5O5S. The number of sulfonamides is 1. The average Bonchev–Trinajstić information content (AvgIpc) is 3.08. The van der Waals surface area contributed by atoms with Gasteiger partial charge in [0.25, 0.3) is 10.0 Å². The lowest BCUT2D eigenvalue weighted by atomic mass is 10.2. The topological polar surface area (TPSA) is 136 Å². The second-order valence-corrected chi connectivity index (χ2v) is 7.23. The molecule has 146 valence electrons. The Morgan fingerprint density at radius 2 is 2.00 bits per heavy atom. The fourth-order valence-corrected chi connectivity index (χ4v) is 3.67. The number of nitrogens with zero attached hydrogens (tertiary/aromatic N) is 4. The van der Waals surface area contributed by atoms with Crippen LogP contribution in [0.2, 0.25) is 0 Å². The summed E-state index contributed by atoms with van der Waals surface area (Å²) in [4.78, 5) is 10.7. The normalized spacial score (nSPS) is 11.2. The zero-order chi connectivity index (χ0) is 20.5. The van der Waals surface area contributed by atoms with Crippen molar-refractivity contribution < 1.29 is 27.4 Å². The van der Waals surface area contributed by atoms with E-state index in [2.05, 4.69) is 20.2 Å². The fourth-order valence-electron chi connectivity index (χ4n) is 2.41. The van der Waals surface area contributed by atoms with Crippen LogP contribution in [0.4, 0.5) is 10.1 Å². The number of hydrogen-bond acceptors (Lipinski definition) is 7. The van der Waals surface area contributed by atoms with Crippen molar-refractivity contribution in [3.05, 3.63) is 53.6 Å². The van der Waals surface area contributed by atoms with Crippen LogP contribution in [0, 0.1) is 12.7 Å². The summed E-state index contributed by atoms with van der Waals surface area (Å²) in [6.07, 6.45) is 0. The average molecular weight is 407 g/mol. The Balaban J connectivity index is 2.05. The maximum absolute atomic E-state index is 14.2. The van der Waals surface area contributed by atoms with Gasteiger partial charge in [0.1, 0.15) is 16.5 Å². The van der Waals surface area contributed by atoms with Gasteiger partial charge in [-0.25, -0.2) is 17.6 Å². The number of aromatic nitrogens is 4. The number of methoxy groups -OCH3 is 1. The molecule has 0 aliphatic heterocycles. The molecule has 0 unspecified atom stereocenters. The number of nitrogens with one attached hydrogen (secondary N) is 1. The van der Waals surface area contributed by atoms with Crippen molar-refractivity contribution in [1.29, 1.82) is 0 Å². The Bertz CT molecular complexity index is 1160. The highest BCUT2D eigenvalue weighted by Gasteiger charge is 2.23. The van der Waals surface area contributed by atoms with Gasteiger partial charge in [0.15, 0.2) is 5.82 Å². The molecule has 1 heterocycles. The summed E-state index contributed by atoms with van der Waals surface area (Å²) in [5, 5.41) is 20.0. The SMILES string of the molecule is COc1ccc(C(=O)O)cc1S(=O)(=O)Nc1cc(-n2nnnc2C)ccc1F. The van der Waals surface area contributed by atoms with Crippen molar-refractivity contribution >= 4 is 21.7 Å². The molecule has 0 aliphatic rings. The van der Waals surface area contributed by atoms with Crippen molar-refractivity contribution in [3.63, 3.8) is 0 Å². The summed E-state index contributed by atoms with van der Waals surface area (Å²) in [6.45, 7) is 1.62. The van der Waals surface area contributed by atoms with E-state index in [4.69, 9.17) is 9.84 Å². The van der Waals surface area contributed by atoms with Gasteiger partial charge in [-0.2, -0.15) is 4.68 Å². The largest absolute Gasteiger partial charge is 0.495 e. The molecule has 0 saturated heterocycles. The van der Waals surface area contributed by atoms with Gasteiger partial charge in [-0.3, -0.25) is 4.72 Å². The summed E-state index contributed by atoms with van der Waals surface area (Å²) >= 11 is 0. The zero-order valence-electron chi connectivity index (χ0n) is 14.6. The van der Waals surface area contributed by atoms with E-state index in [1.807, 2.05) is 0 Å². The minimum Gasteiger partial charge on any atom is -0.495 e. The van der Waals surface area contributed by atoms with Gasteiger partial charge in [0, 0.05) is 0 Å². The molecule has 12 heteroatoms. The Morgan fingerprint density at radius 3 is 2.61 bits per heavy atom. The van der Waals surface area contributed by atoms with Crippen molar-refractivity contribution in [2.45, 2.75) is 11.8 Å². The highest BCUT2D eigenvalue weighted by molar-refractivity contribution is 7.92. The second kappa shape index (κ2) is 7.23. The van der Waals surface area contributed by atoms with Crippen LogP contribution in [0.15, 0.2) is 41.3 Å². The highest BCUT2D eigenvalue weighted by Crippen LogP contribution is 2.28. The molecule has 1 aromatic heterocycles. The number of aromatic carboxylic acids is 1. The Kier molecular flexibility index (Phi) is 4.96. The molecule has 0 fully saturated rings. The van der Waals surface area contributed by atoms with Crippen LogP contribution in [-0.2, 0) is 10.0 Å². The number of benzene rings is 2. The van der Waals surface area contributed by atoms with Crippen LogP contribution < -0.4 is 9.46 Å². The number of ether oxygens (including phenoxy) is 1. The molecule has 10 nitrogen and oxygen atoms in total. The second-order valence-electron chi connectivity index (χ2n) is 5.58. The van der Waals surface area contributed by atoms with Gasteiger partial charge < -0.3 is 9.84 Å². The standard InChI is InChI=1S/C16H14FN5O5S/c1-9-18-20-21-22(9)11-4-5-12(17)13(8-11)19-28(25,26)15-7-10(16(23)24)3-6-14(15)27-2/h3-8,19H,1-2H3,(H,23,24). The quantitative estimate of drug-likeness (QED) is 0.629. The number of tetrazole rings is 1. The first-order valence-electron chi connectivity index (χ1n) is 7.72. The van der Waals surface area contributed by atoms with Gasteiger partial charge in [-0.1, -0.05) is 0 Å². The lowest BCUT2D eigenvalue weighted by Gasteiger charge is -2.13. The summed E-state index contributed by atoms with van der Waals surface area (Å²) in [7, 11) is -3.14. The zero-order valence-corrected chi connectivity index (χ0v) is 15.4. The predicted molar refractivity (Wildman–Crippen MR) is 94.6 cm³/mol. The molecule has 28 heavy (non-hydrogen) atoms. The minimum atomic E-state index is -4.37. The summed E-state index contributed by atoms with van der Waals surface area (Å²) < 4.78 is 48.2. The lowest BCUT2D eigenvalue weighted by molar-refractivity contribution is 0.0696. The molecule has 0 spiro atoms. The molecule has 0 bridgehead atoms. The van der Waals surface area contributed by atoms with Gasteiger partial charge >= 0.3 is 5.97 Å². The first-order valence-corrected chi connectivity index (χ1v) is 9.20. The number of carboxylic acid groups (broad SMARTS) is 1. The number of halogens is 1. The number of rotatable bonds is 6. The summed E-state index contributed by atoms with van der Waals surface area (Å²) in [6, 6.07) is 6.97. The van der Waals surface area contributed by atoms with Crippen molar-refractivity contribution in [2.24, 2.45) is 0 Å². The van der Waals surface area contributed by atoms with E-state index >= 15 is 0 Å². The Hall–Kier alpha value is -3.54. The first-order chi connectivity index (χ1) is 13.2. The summed E-state index contributed by atoms with van der Waals surface area (Å²) in [5.74, 6) is -1.84. The van der Waals surface area contributed by atoms with Gasteiger partial charge in [0.2, 0.25) is 0 Å². The molecule has 0 atom stereocenters. The molecular weight excluding hydrogens is 393 g/mol. The molecule has 0 saturated carbocycles. The predicted octanol–water partition coefficient (Wildman–Crippen LogP) is 1.62. The number of anilines is 1. The molecule has 3 rings (SSSR count). The number of carboxylic acids is 1. The van der Waals surface area contributed by atoms with E-state index in [0.717, 1.165) is 12.1 Å². The molecule has 0 radical (unpaired) electrons. The van der Waals surface area contributed by atoms with E-state index in [1.165, 1.54) is 36.1 Å². The van der Waals surface area contributed by atoms with Crippen LogP contribution in [0.25, 0.3) is 5.69 Å². The molecule has 3 aromatic rings. The summed E-state index contributed by atoms with van der Waals surface area (Å²) in [5.41, 5.74) is -0.303.